The van der Waals surface area contributed by atoms with Gasteiger partial charge in [-0.2, -0.15) is 0 Å². The molecule has 5 nitrogen and oxygen atoms in total. The third-order valence-electron chi connectivity index (χ3n) is 4.99. The number of Topliss-reactive ketones (excluding diaryl/α,β-unsaturated/α-hetero) is 1. The smallest absolute Gasteiger partial charge is 0.295 e. The predicted molar refractivity (Wildman–Crippen MR) is 122 cm³/mol. The van der Waals surface area contributed by atoms with Crippen LogP contribution in [0.2, 0.25) is 10.0 Å². The third-order valence-corrected chi connectivity index (χ3v) is 5.73. The van der Waals surface area contributed by atoms with E-state index >= 15 is 0 Å². The lowest BCUT2D eigenvalue weighted by Gasteiger charge is -2.25. The van der Waals surface area contributed by atoms with E-state index in [-0.39, 0.29) is 35.1 Å². The molecular formula is C23H16Cl3FN2O3. The predicted octanol–water partition coefficient (Wildman–Crippen LogP) is 5.57. The van der Waals surface area contributed by atoms with Crippen molar-refractivity contribution in [3.63, 3.8) is 0 Å². The number of hydrogen-bond donors (Lipinski definition) is 1. The first-order chi connectivity index (χ1) is 14.9. The Balaban J connectivity index is 0.00000289. The molecule has 0 spiro atoms. The third kappa shape index (κ3) is 4.48. The van der Waals surface area contributed by atoms with Gasteiger partial charge in [-0.25, -0.2) is 4.39 Å². The molecule has 4 rings (SSSR count). The summed E-state index contributed by atoms with van der Waals surface area (Å²) < 4.78 is 13.3. The minimum Gasteiger partial charge on any atom is -0.507 e. The van der Waals surface area contributed by atoms with Crippen molar-refractivity contribution >= 4 is 53.1 Å². The van der Waals surface area contributed by atoms with Crippen LogP contribution in [0, 0.1) is 5.82 Å². The van der Waals surface area contributed by atoms with E-state index in [2.05, 4.69) is 4.98 Å². The van der Waals surface area contributed by atoms with E-state index in [1.165, 1.54) is 17.0 Å². The van der Waals surface area contributed by atoms with Crippen LogP contribution >= 0.6 is 35.6 Å². The number of nitrogens with zero attached hydrogens (tertiary/aromatic N) is 2. The molecule has 1 aromatic heterocycles. The van der Waals surface area contributed by atoms with Crippen molar-refractivity contribution in [3.8, 4) is 0 Å². The van der Waals surface area contributed by atoms with Gasteiger partial charge in [0, 0.05) is 24.5 Å². The molecular weight excluding hydrogens is 478 g/mol. The van der Waals surface area contributed by atoms with Crippen molar-refractivity contribution in [1.82, 2.24) is 9.88 Å². The van der Waals surface area contributed by atoms with Gasteiger partial charge in [0.2, 0.25) is 0 Å². The van der Waals surface area contributed by atoms with Crippen molar-refractivity contribution in [3.05, 3.63) is 105 Å². The molecule has 1 aliphatic rings. The van der Waals surface area contributed by atoms with E-state index in [1.54, 1.807) is 42.7 Å². The van der Waals surface area contributed by atoms with E-state index in [1.807, 2.05) is 0 Å². The Morgan fingerprint density at radius 1 is 1.06 bits per heavy atom. The summed E-state index contributed by atoms with van der Waals surface area (Å²) >= 11 is 12.2. The molecule has 1 amide bonds. The molecule has 1 aliphatic heterocycles. The van der Waals surface area contributed by atoms with Crippen LogP contribution in [0.15, 0.2) is 72.6 Å². The second-order valence-corrected chi connectivity index (χ2v) is 7.78. The number of ketones is 1. The fourth-order valence-electron chi connectivity index (χ4n) is 3.52. The first kappa shape index (κ1) is 23.7. The SMILES string of the molecule is Cl.O=C1C(=O)N(Cc2cccnc2)C(c2ccc(Cl)c(Cl)c2)/C1=C(\O)c1ccc(F)cc1. The number of benzene rings is 2. The zero-order chi connectivity index (χ0) is 22.1. The molecule has 1 saturated heterocycles. The average Bonchev–Trinajstić information content (AvgIpc) is 3.01. The highest BCUT2D eigenvalue weighted by Gasteiger charge is 2.46. The summed E-state index contributed by atoms with van der Waals surface area (Å²) in [6.07, 6.45) is 3.19. The van der Waals surface area contributed by atoms with Crippen LogP contribution in [-0.4, -0.2) is 26.7 Å². The van der Waals surface area contributed by atoms with Gasteiger partial charge in [-0.05, 0) is 53.6 Å². The number of aromatic nitrogens is 1. The van der Waals surface area contributed by atoms with Gasteiger partial charge in [0.05, 0.1) is 21.7 Å². The second kappa shape index (κ2) is 9.69. The van der Waals surface area contributed by atoms with Gasteiger partial charge in [-0.15, -0.1) is 12.4 Å². The molecule has 0 saturated carbocycles. The molecule has 1 unspecified atom stereocenters. The lowest BCUT2D eigenvalue weighted by atomic mass is 9.95. The standard InChI is InChI=1S/C23H15Cl2FN2O3.ClH/c24-17-8-5-15(10-18(17)25)20-19(21(29)14-3-6-16(26)7-4-14)22(30)23(31)28(20)12-13-2-1-9-27-11-13;/h1-11,20,29H,12H2;1H/b21-19+;. The van der Waals surface area contributed by atoms with Crippen LogP contribution in [0.4, 0.5) is 4.39 Å². The number of rotatable bonds is 4. The highest BCUT2D eigenvalue weighted by Crippen LogP contribution is 2.41. The van der Waals surface area contributed by atoms with Crippen LogP contribution < -0.4 is 0 Å². The van der Waals surface area contributed by atoms with Crippen molar-refractivity contribution in [2.75, 3.05) is 0 Å². The number of carbonyl (C=O) groups is 2. The molecule has 3 aromatic rings. The van der Waals surface area contributed by atoms with Crippen LogP contribution in [0.5, 0.6) is 0 Å². The monoisotopic (exact) mass is 492 g/mol. The van der Waals surface area contributed by atoms with Gasteiger partial charge in [0.1, 0.15) is 11.6 Å². The van der Waals surface area contributed by atoms with Crippen LogP contribution in [0.25, 0.3) is 5.76 Å². The summed E-state index contributed by atoms with van der Waals surface area (Å²) in [7, 11) is 0. The number of halogens is 4. The number of amides is 1. The molecule has 164 valence electrons. The quantitative estimate of drug-likeness (QED) is 0.293. The zero-order valence-electron chi connectivity index (χ0n) is 16.3. The van der Waals surface area contributed by atoms with Crippen molar-refractivity contribution in [1.29, 1.82) is 0 Å². The summed E-state index contributed by atoms with van der Waals surface area (Å²) in [5, 5.41) is 11.5. The van der Waals surface area contributed by atoms with E-state index in [0.717, 1.165) is 12.1 Å². The second-order valence-electron chi connectivity index (χ2n) is 6.97. The minimum atomic E-state index is -0.917. The maximum Gasteiger partial charge on any atom is 0.295 e. The minimum absolute atomic E-state index is 0. The van der Waals surface area contributed by atoms with Crippen LogP contribution in [0.1, 0.15) is 22.7 Å². The highest BCUT2D eigenvalue weighted by atomic mass is 35.5. The molecule has 0 bridgehead atoms. The molecule has 9 heteroatoms. The molecule has 2 aromatic carbocycles. The Labute approximate surface area is 199 Å². The Morgan fingerprint density at radius 3 is 2.41 bits per heavy atom. The molecule has 1 fully saturated rings. The van der Waals surface area contributed by atoms with Crippen LogP contribution in [-0.2, 0) is 16.1 Å². The Bertz CT molecular complexity index is 1200. The van der Waals surface area contributed by atoms with E-state index in [9.17, 15) is 19.1 Å². The molecule has 0 radical (unpaired) electrons. The zero-order valence-corrected chi connectivity index (χ0v) is 18.7. The maximum absolute atomic E-state index is 13.3. The van der Waals surface area contributed by atoms with Gasteiger partial charge < -0.3 is 10.0 Å². The number of pyridine rings is 1. The molecule has 0 aliphatic carbocycles. The average molecular weight is 494 g/mol. The lowest BCUT2D eigenvalue weighted by molar-refractivity contribution is -0.140. The van der Waals surface area contributed by atoms with E-state index < -0.39 is 29.3 Å². The van der Waals surface area contributed by atoms with Gasteiger partial charge in [-0.3, -0.25) is 14.6 Å². The summed E-state index contributed by atoms with van der Waals surface area (Å²) in [4.78, 5) is 31.3. The van der Waals surface area contributed by atoms with Crippen molar-refractivity contribution < 1.29 is 19.1 Å². The number of aliphatic hydroxyl groups excluding tert-OH is 1. The normalized spacial score (nSPS) is 17.3. The van der Waals surface area contributed by atoms with Gasteiger partial charge in [-0.1, -0.05) is 35.3 Å². The lowest BCUT2D eigenvalue weighted by Crippen LogP contribution is -2.29. The van der Waals surface area contributed by atoms with E-state index in [4.69, 9.17) is 23.2 Å². The Hall–Kier alpha value is -2.93. The fraction of sp³-hybridized carbons (Fsp3) is 0.0870. The van der Waals surface area contributed by atoms with Gasteiger partial charge >= 0.3 is 0 Å². The number of likely N-dealkylation sites (tertiary alicyclic amines) is 1. The van der Waals surface area contributed by atoms with Gasteiger partial charge in [0.25, 0.3) is 11.7 Å². The van der Waals surface area contributed by atoms with E-state index in [0.29, 0.717) is 16.1 Å². The van der Waals surface area contributed by atoms with Crippen LogP contribution in [0.3, 0.4) is 0 Å². The van der Waals surface area contributed by atoms with Crippen molar-refractivity contribution in [2.24, 2.45) is 0 Å². The first-order valence-electron chi connectivity index (χ1n) is 9.25. The molecule has 2 heterocycles. The fourth-order valence-corrected chi connectivity index (χ4v) is 3.83. The van der Waals surface area contributed by atoms with Gasteiger partial charge in [0.15, 0.2) is 0 Å². The Morgan fingerprint density at radius 2 is 1.78 bits per heavy atom. The largest absolute Gasteiger partial charge is 0.507 e. The van der Waals surface area contributed by atoms with Crippen molar-refractivity contribution in [2.45, 2.75) is 12.6 Å². The molecule has 1 atom stereocenters. The summed E-state index contributed by atoms with van der Waals surface area (Å²) in [5.41, 5.74) is 1.31. The number of carbonyl (C=O) groups excluding carboxylic acids is 2. The maximum atomic E-state index is 13.3. The molecule has 1 N–H and O–H groups in total. The first-order valence-corrected chi connectivity index (χ1v) is 10.0. The Kier molecular flexibility index (Phi) is 7.19. The number of aliphatic hydroxyl groups is 1. The summed E-state index contributed by atoms with van der Waals surface area (Å²) in [6, 6.07) is 12.3. The molecule has 32 heavy (non-hydrogen) atoms. The topological polar surface area (TPSA) is 70.5 Å². The highest BCUT2D eigenvalue weighted by molar-refractivity contribution is 6.46. The summed E-state index contributed by atoms with van der Waals surface area (Å²) in [5.74, 6) is -2.51. The number of hydrogen-bond acceptors (Lipinski definition) is 4. The summed E-state index contributed by atoms with van der Waals surface area (Å²) in [6.45, 7) is 0.0868.